The van der Waals surface area contributed by atoms with Gasteiger partial charge in [-0.05, 0) is 224 Å². The Balaban J connectivity index is 0.000000149. The second-order valence-corrected chi connectivity index (χ2v) is 25.5. The van der Waals surface area contributed by atoms with Gasteiger partial charge in [-0.1, -0.05) is 387 Å². The molecule has 22 aromatic carbocycles. The molecule has 25 aromatic rings. The molecule has 0 aliphatic rings. The summed E-state index contributed by atoms with van der Waals surface area (Å²) in [6, 6.07) is -63.4. The fourth-order valence-corrected chi connectivity index (χ4v) is 14.3. The molecule has 0 aliphatic carbocycles. The molecule has 0 fully saturated rings. The van der Waals surface area contributed by atoms with Crippen molar-refractivity contribution in [3.05, 3.63) is 435 Å². The number of hydrogen-bond donors (Lipinski definition) is 0. The van der Waals surface area contributed by atoms with Gasteiger partial charge in [0.15, 0.2) is 0 Å². The summed E-state index contributed by atoms with van der Waals surface area (Å²) in [6.07, 6.45) is 0. The lowest BCUT2D eigenvalue weighted by Gasteiger charge is -2.18. The molecule has 554 valence electrons. The maximum Gasteiger partial charge on any atom is 0.136 e. The molecule has 0 amide bonds. The third kappa shape index (κ3) is 11.6. The maximum atomic E-state index is 9.48. The molecule has 0 N–H and O–H groups in total. The number of furan rings is 3. The Kier molecular flexibility index (Phi) is 6.70. The third-order valence-corrected chi connectivity index (χ3v) is 19.2. The number of hydrogen-bond acceptors (Lipinski definition) is 3. The van der Waals surface area contributed by atoms with Crippen molar-refractivity contribution >= 4 is 152 Å². The van der Waals surface area contributed by atoms with Crippen LogP contribution in [0.4, 0.5) is 0 Å². The molecule has 0 atom stereocenters. The summed E-state index contributed by atoms with van der Waals surface area (Å²) < 4.78 is 655. The van der Waals surface area contributed by atoms with E-state index < -0.39 is 676 Å². The fraction of sp³-hybridized carbons (Fsp3) is 0. The van der Waals surface area contributed by atoms with Crippen molar-refractivity contribution in [1.82, 2.24) is 0 Å². The molecule has 119 heavy (non-hydrogen) atoms. The Morgan fingerprint density at radius 3 is 0.689 bits per heavy atom. The lowest BCUT2D eigenvalue weighted by molar-refractivity contribution is 0.668. The van der Waals surface area contributed by atoms with Gasteiger partial charge in [-0.2, -0.15) is 0 Å². The second-order valence-electron chi connectivity index (χ2n) is 25.5. The molecule has 25 rings (SSSR count). The van der Waals surface area contributed by atoms with Crippen LogP contribution >= 0.6 is 0 Å². The molecule has 0 bridgehead atoms. The van der Waals surface area contributed by atoms with Gasteiger partial charge in [-0.15, -0.1) is 0 Å². The summed E-state index contributed by atoms with van der Waals surface area (Å²) >= 11 is 0. The van der Waals surface area contributed by atoms with Crippen molar-refractivity contribution in [2.24, 2.45) is 0 Å². The van der Waals surface area contributed by atoms with Crippen LogP contribution in [0.25, 0.3) is 241 Å². The highest BCUT2D eigenvalue weighted by molar-refractivity contribution is 6.29. The Morgan fingerprint density at radius 1 is 0.134 bits per heavy atom. The number of fused-ring (bicyclic) bond motifs is 17. The summed E-state index contributed by atoms with van der Waals surface area (Å²) in [7, 11) is 0. The van der Waals surface area contributed by atoms with E-state index in [0.717, 1.165) is 0 Å². The lowest BCUT2D eigenvalue weighted by atomic mass is 9.84. The monoisotopic (exact) mass is 1590 g/mol. The first-order valence-electron chi connectivity index (χ1n) is 71.0. The van der Waals surface area contributed by atoms with Gasteiger partial charge in [0.2, 0.25) is 0 Å². The van der Waals surface area contributed by atoms with Crippen LogP contribution in [0.1, 0.15) is 98.7 Å². The van der Waals surface area contributed by atoms with Crippen LogP contribution in [0.2, 0.25) is 0 Å². The number of rotatable bonds is 8. The zero-order valence-corrected chi connectivity index (χ0v) is 59.2. The minimum absolute atomic E-state index is 0.417. The predicted molar refractivity (Wildman–Crippen MR) is 505 cm³/mol. The average molecular weight is 1590 g/mol. The minimum atomic E-state index is -1.08. The molecule has 3 heteroatoms. The van der Waals surface area contributed by atoms with Crippen molar-refractivity contribution in [2.75, 3.05) is 0 Å². The topological polar surface area (TPSA) is 39.4 Å². The molecule has 3 aromatic heterocycles. The number of benzene rings is 22. The first-order valence-corrected chi connectivity index (χ1v) is 35.0. The van der Waals surface area contributed by atoms with Crippen LogP contribution < -0.4 is 0 Å². The minimum Gasteiger partial charge on any atom is -0.456 e. The molecule has 3 heterocycles. The normalized spacial score (nSPS) is 20.2. The van der Waals surface area contributed by atoms with Crippen LogP contribution in [0.15, 0.2) is 448 Å². The van der Waals surface area contributed by atoms with E-state index in [0.29, 0.717) is 0 Å². The van der Waals surface area contributed by atoms with Gasteiger partial charge >= 0.3 is 0 Å². The van der Waals surface area contributed by atoms with E-state index in [1.54, 1.807) is 0 Å². The Bertz CT molecular complexity index is 12700. The van der Waals surface area contributed by atoms with Crippen LogP contribution in [0, 0.1) is 0 Å². The van der Waals surface area contributed by atoms with Crippen molar-refractivity contribution < 1.29 is 112 Å². The summed E-state index contributed by atoms with van der Waals surface area (Å²) in [5.74, 6) is 0. The van der Waals surface area contributed by atoms with Crippen LogP contribution in [-0.4, -0.2) is 0 Å². The first kappa shape index (κ1) is 27.8. The van der Waals surface area contributed by atoms with E-state index in [1.807, 2.05) is 0 Å². The zero-order valence-electron chi connectivity index (χ0n) is 131. The molecule has 0 unspecified atom stereocenters. The molecule has 3 nitrogen and oxygen atoms in total. The highest BCUT2D eigenvalue weighted by Gasteiger charge is 2.25. The van der Waals surface area contributed by atoms with E-state index in [4.69, 9.17) is 80.4 Å². The number of para-hydroxylation sites is 3. The second kappa shape index (κ2) is 28.7. The molecule has 0 saturated heterocycles. The summed E-state index contributed by atoms with van der Waals surface area (Å²) in [5, 5.41) is -12.9. The van der Waals surface area contributed by atoms with Gasteiger partial charge in [0.25, 0.3) is 0 Å². The van der Waals surface area contributed by atoms with Gasteiger partial charge in [-0.3, -0.25) is 0 Å². The fourth-order valence-electron chi connectivity index (χ4n) is 14.3. The molecular formula is C116H72O3. The van der Waals surface area contributed by atoms with E-state index in [1.165, 1.54) is 0 Å². The predicted octanol–water partition coefficient (Wildman–Crippen LogP) is 33.3. The average Bonchev–Trinajstić information content (AvgIpc) is 1.68. The van der Waals surface area contributed by atoms with Crippen LogP contribution in [0.3, 0.4) is 0 Å². The SMILES string of the molecule is [2H]c1c([2H])c(-c2c3c([2H])c([2H])c([2H])c([2H])c3c(-c3c([2H])c([2H])c([2H])c4oc5c([2H])c([2H])c([2H])c([2H])c5c34)c3c([2H])c([2H])c([2H])c([2H])c23)c([2H])c([2H])c1-c1c([2H])c([2H])c2c([2H])c([2H])c([2H])c([2H])c2c1[2H].[2H]c1c([2H])c([2H])c(-c2c([2H])c([2H])c(-c3c4c([2H])c([2H])c([2H])c([2H])c4c(-c4c([2H])c([2H])c([2H])c5oc6c([2H])c([2H])c([2H])c([2H])c6c45)c4c([2H])c([2H])c([2H])c([2H])c34)c([2H])c2[2H])c([2H])c1[2H].[2H]c1c([2H])c([2H])c2c(oc3c([2H])c([2H])c([2H])c(-c4c5c([2H])c([2H])c([2H])c([2H])c5c(-c5c([2H])c([2H])c6c([2H])c([2H])c([2H])c([2H])c6c5[2H])c5c([2H])c([2H])c([2H])c([2H])c45)c32)c1[2H]. The van der Waals surface area contributed by atoms with Crippen molar-refractivity contribution in [3.8, 4) is 89.0 Å². The highest BCUT2D eigenvalue weighted by Crippen LogP contribution is 2.52. The van der Waals surface area contributed by atoms with Crippen molar-refractivity contribution in [3.63, 3.8) is 0 Å². The molecule has 0 aliphatic heterocycles. The third-order valence-electron chi connectivity index (χ3n) is 19.2. The molecule has 0 saturated carbocycles. The molecular weight excluding hydrogens is 1440 g/mol. The van der Waals surface area contributed by atoms with Gasteiger partial charge in [0.1, 0.15) is 33.5 Å². The first-order chi connectivity index (χ1) is 89.0. The van der Waals surface area contributed by atoms with E-state index >= 15 is 0 Å². The van der Waals surface area contributed by atoms with Crippen LogP contribution in [0.5, 0.6) is 0 Å². The quantitative estimate of drug-likeness (QED) is 0.142. The standard InChI is InChI=1S/C42H26O.C38H24O.C36H22O/c1-2-11-30-26-31(25-22-27(30)10-1)28-20-23-29(24-21-28)40-32-12-3-5-14-34(32)41(35-15-6-4-13-33(35)40)37-17-9-19-39-42(37)36-16-7-8-18-38(36)43-39;1-2-11-25(12-3-1)26-21-23-27(24-22-26)36-28-13-4-6-15-30(28)37(31-16-7-5-14-29(31)36)33-18-10-20-35-38(33)32-17-8-9-19-34(32)39-35;1-2-11-24-22-25(21-20-23(24)10-1)34-26-12-3-5-14-28(26)35(29-15-6-4-13-27(29)34)31-17-9-19-33-36(31)30-16-7-8-18-32(30)37-33/h1-26H;1-24H;1-22H/i1D,2D,3D,4D,5D,6D,7D,8D,9D,10D,11D,12D,13D,14D,15D,16D,17D,18D,19D,20D,21D,22D,23D,24D,25D,26D;1D,2D,3D,4D,5D,6D,7D,8D,9D,10D,11D,12D,13D,14D,15D,16D,17D,18D,19D,20D,21D,22D,23D,24D;1D,2D,3D,4D,5D,6D,7D,8D,9D,10D,11D,12D,13D,14D,15D,16D,17D,18D,19D,20D,21D,22D. The van der Waals surface area contributed by atoms with Crippen LogP contribution in [-0.2, 0) is 0 Å². The Morgan fingerprint density at radius 2 is 0.353 bits per heavy atom. The lowest BCUT2D eigenvalue weighted by Crippen LogP contribution is -1.91. The van der Waals surface area contributed by atoms with Gasteiger partial charge < -0.3 is 13.3 Å². The smallest absolute Gasteiger partial charge is 0.136 e. The van der Waals surface area contributed by atoms with Gasteiger partial charge in [-0.25, -0.2) is 0 Å². The Labute approximate surface area is 787 Å². The largest absolute Gasteiger partial charge is 0.456 e. The maximum absolute atomic E-state index is 9.48. The summed E-state index contributed by atoms with van der Waals surface area (Å²) in [5.41, 5.74) is -14.4. The van der Waals surface area contributed by atoms with Gasteiger partial charge in [0.05, 0.1) is 98.7 Å². The Hall–Kier alpha value is -15.7. The van der Waals surface area contributed by atoms with Crippen molar-refractivity contribution in [1.29, 1.82) is 0 Å². The van der Waals surface area contributed by atoms with E-state index in [-0.39, 0.29) is 0 Å². The zero-order chi connectivity index (χ0) is 141. The van der Waals surface area contributed by atoms with E-state index in [2.05, 4.69) is 0 Å². The van der Waals surface area contributed by atoms with Gasteiger partial charge in [0, 0.05) is 32.3 Å². The highest BCUT2D eigenvalue weighted by atomic mass is 16.3. The summed E-state index contributed by atoms with van der Waals surface area (Å²) in [6.45, 7) is 0. The molecule has 0 radical (unpaired) electrons. The molecule has 0 spiro atoms. The van der Waals surface area contributed by atoms with E-state index in [9.17, 15) is 31.5 Å². The summed E-state index contributed by atoms with van der Waals surface area (Å²) in [4.78, 5) is 0. The van der Waals surface area contributed by atoms with Crippen molar-refractivity contribution in [2.45, 2.75) is 0 Å².